The van der Waals surface area contributed by atoms with Crippen molar-refractivity contribution in [3.8, 4) is 0 Å². The van der Waals surface area contributed by atoms with E-state index in [1.807, 2.05) is 6.07 Å². The van der Waals surface area contributed by atoms with Crippen LogP contribution in [-0.2, 0) is 32.5 Å². The lowest BCUT2D eigenvalue weighted by atomic mass is 9.92. The lowest BCUT2D eigenvalue weighted by Crippen LogP contribution is -2.35. The van der Waals surface area contributed by atoms with Gasteiger partial charge in [0.05, 0.1) is 11.4 Å². The highest BCUT2D eigenvalue weighted by molar-refractivity contribution is 9.10. The van der Waals surface area contributed by atoms with Gasteiger partial charge in [-0.2, -0.15) is 0 Å². The van der Waals surface area contributed by atoms with E-state index in [-0.39, 0.29) is 30.3 Å². The molecule has 1 aliphatic carbocycles. The molecule has 160 valence electrons. The molecule has 0 bridgehead atoms. The summed E-state index contributed by atoms with van der Waals surface area (Å²) in [7, 11) is -3.68. The number of carbonyl (C=O) groups is 2. The van der Waals surface area contributed by atoms with Gasteiger partial charge in [-0.15, -0.1) is 0 Å². The molecule has 0 saturated carbocycles. The van der Waals surface area contributed by atoms with E-state index in [2.05, 4.69) is 31.3 Å². The lowest BCUT2D eigenvalue weighted by molar-refractivity contribution is -0.124. The molecule has 0 fully saturated rings. The molecule has 30 heavy (non-hydrogen) atoms. The number of aryl methyl sites for hydroxylation is 2. The molecule has 2 aromatic carbocycles. The van der Waals surface area contributed by atoms with Gasteiger partial charge < -0.3 is 10.6 Å². The molecule has 0 saturated heterocycles. The molecular weight excluding hydrogens is 470 g/mol. The van der Waals surface area contributed by atoms with Crippen LogP contribution in [0.2, 0.25) is 0 Å². The van der Waals surface area contributed by atoms with Crippen LogP contribution in [0.25, 0.3) is 0 Å². The zero-order chi connectivity index (χ0) is 21.6. The van der Waals surface area contributed by atoms with Crippen molar-refractivity contribution < 1.29 is 18.0 Å². The van der Waals surface area contributed by atoms with Crippen LogP contribution < -0.4 is 15.4 Å². The number of halogens is 1. The molecule has 0 spiro atoms. The van der Waals surface area contributed by atoms with Crippen molar-refractivity contribution in [3.63, 3.8) is 0 Å². The van der Waals surface area contributed by atoms with E-state index in [0.717, 1.165) is 35.7 Å². The van der Waals surface area contributed by atoms with Gasteiger partial charge >= 0.3 is 0 Å². The Hall–Kier alpha value is -2.23. The van der Waals surface area contributed by atoms with Crippen molar-refractivity contribution in [2.45, 2.75) is 37.0 Å². The maximum Gasteiger partial charge on any atom is 0.243 e. The van der Waals surface area contributed by atoms with Gasteiger partial charge in [-0.05, 0) is 73.2 Å². The second-order valence-corrected chi connectivity index (χ2v) is 9.80. The molecule has 0 atom stereocenters. The lowest BCUT2D eigenvalue weighted by Gasteiger charge is -2.16. The number of sulfonamides is 1. The maximum atomic E-state index is 12.5. The Balaban J connectivity index is 1.42. The van der Waals surface area contributed by atoms with Crippen molar-refractivity contribution in [1.82, 2.24) is 10.0 Å². The molecule has 3 rings (SSSR count). The molecule has 9 heteroatoms. The minimum atomic E-state index is -3.68. The first kappa shape index (κ1) is 22.5. The minimum Gasteiger partial charge on any atom is -0.347 e. The Morgan fingerprint density at radius 3 is 2.37 bits per heavy atom. The van der Waals surface area contributed by atoms with Crippen molar-refractivity contribution in [2.24, 2.45) is 0 Å². The molecular formula is C21H24BrN3O4S. The largest absolute Gasteiger partial charge is 0.347 e. The van der Waals surface area contributed by atoms with Crippen LogP contribution >= 0.6 is 15.9 Å². The first-order valence-electron chi connectivity index (χ1n) is 9.77. The highest BCUT2D eigenvalue weighted by atomic mass is 79.9. The Labute approximate surface area is 184 Å². The molecule has 0 radical (unpaired) electrons. The monoisotopic (exact) mass is 493 g/mol. The van der Waals surface area contributed by atoms with Crippen molar-refractivity contribution >= 4 is 43.5 Å². The van der Waals surface area contributed by atoms with Crippen LogP contribution in [0.15, 0.2) is 51.8 Å². The number of hydrogen-bond acceptors (Lipinski definition) is 4. The summed E-state index contributed by atoms with van der Waals surface area (Å²) >= 11 is 3.31. The number of nitrogens with one attached hydrogen (secondary N) is 3. The molecule has 3 N–H and O–H groups in total. The minimum absolute atomic E-state index is 0.0421. The third kappa shape index (κ3) is 6.38. The smallest absolute Gasteiger partial charge is 0.243 e. The van der Waals surface area contributed by atoms with E-state index in [1.165, 1.54) is 5.56 Å². The van der Waals surface area contributed by atoms with Crippen LogP contribution in [0, 0.1) is 0 Å². The molecule has 2 aromatic rings. The van der Waals surface area contributed by atoms with Crippen LogP contribution in [0.3, 0.4) is 0 Å². The fourth-order valence-electron chi connectivity index (χ4n) is 3.26. The summed E-state index contributed by atoms with van der Waals surface area (Å²) in [5.41, 5.74) is 2.91. The number of carbonyl (C=O) groups excluding carboxylic acids is 2. The first-order valence-corrected chi connectivity index (χ1v) is 12.0. The normalized spacial score (nSPS) is 13.4. The van der Waals surface area contributed by atoms with Crippen molar-refractivity contribution in [3.05, 3.63) is 58.1 Å². The number of hydrogen-bond donors (Lipinski definition) is 3. The van der Waals surface area contributed by atoms with Gasteiger partial charge in [0, 0.05) is 23.1 Å². The van der Waals surface area contributed by atoms with Crippen LogP contribution in [0.5, 0.6) is 0 Å². The van der Waals surface area contributed by atoms with E-state index < -0.39 is 15.9 Å². The van der Waals surface area contributed by atoms with E-state index in [0.29, 0.717) is 5.69 Å². The quantitative estimate of drug-likeness (QED) is 0.525. The van der Waals surface area contributed by atoms with Gasteiger partial charge in [0.1, 0.15) is 0 Å². The Morgan fingerprint density at radius 2 is 1.63 bits per heavy atom. The molecule has 2 amide bonds. The third-order valence-electron chi connectivity index (χ3n) is 4.85. The summed E-state index contributed by atoms with van der Waals surface area (Å²) < 4.78 is 28.3. The summed E-state index contributed by atoms with van der Waals surface area (Å²) in [4.78, 5) is 24.0. The summed E-state index contributed by atoms with van der Waals surface area (Å²) in [5, 5.41) is 5.15. The Bertz CT molecular complexity index is 1020. The average Bonchev–Trinajstić information content (AvgIpc) is 2.73. The summed E-state index contributed by atoms with van der Waals surface area (Å²) in [6, 6.07) is 12.3. The average molecular weight is 494 g/mol. The van der Waals surface area contributed by atoms with Crippen molar-refractivity contribution in [1.29, 1.82) is 0 Å². The summed E-state index contributed by atoms with van der Waals surface area (Å²) in [6.45, 7) is -0.230. The number of fused-ring (bicyclic) bond motifs is 1. The number of anilines is 1. The number of benzene rings is 2. The topological polar surface area (TPSA) is 104 Å². The van der Waals surface area contributed by atoms with Gasteiger partial charge in [-0.25, -0.2) is 13.1 Å². The summed E-state index contributed by atoms with van der Waals surface area (Å²) in [6.07, 6.45) is 4.02. The van der Waals surface area contributed by atoms with Crippen LogP contribution in [0.1, 0.15) is 30.4 Å². The molecule has 0 aromatic heterocycles. The molecule has 0 aliphatic heterocycles. The van der Waals surface area contributed by atoms with Crippen LogP contribution in [0.4, 0.5) is 5.69 Å². The van der Waals surface area contributed by atoms with Gasteiger partial charge in [0.15, 0.2) is 0 Å². The Morgan fingerprint density at radius 1 is 0.933 bits per heavy atom. The molecule has 7 nitrogen and oxygen atoms in total. The van der Waals surface area contributed by atoms with E-state index in [9.17, 15) is 18.0 Å². The van der Waals surface area contributed by atoms with Gasteiger partial charge in [-0.1, -0.05) is 22.0 Å². The van der Waals surface area contributed by atoms with E-state index in [1.54, 1.807) is 36.4 Å². The fourth-order valence-corrected chi connectivity index (χ4v) is 4.61. The van der Waals surface area contributed by atoms with Crippen molar-refractivity contribution in [2.75, 3.05) is 18.4 Å². The molecule has 0 heterocycles. The predicted octanol–water partition coefficient (Wildman–Crippen LogP) is 2.75. The van der Waals surface area contributed by atoms with Gasteiger partial charge in [-0.3, -0.25) is 9.59 Å². The maximum absolute atomic E-state index is 12.5. The van der Waals surface area contributed by atoms with Gasteiger partial charge in [0.25, 0.3) is 0 Å². The highest BCUT2D eigenvalue weighted by Crippen LogP contribution is 2.24. The van der Waals surface area contributed by atoms with E-state index >= 15 is 0 Å². The zero-order valence-corrected chi connectivity index (χ0v) is 18.8. The standard InChI is InChI=1S/C21H24BrN3O4S/c22-17-6-8-18(9-7-17)25-21(27)14-23-20(26)11-12-24-30(28,29)19-10-5-15-3-1-2-4-16(15)13-19/h5-10,13,24H,1-4,11-12,14H2,(H,23,26)(H,25,27). The number of amides is 2. The van der Waals surface area contributed by atoms with Gasteiger partial charge in [0.2, 0.25) is 21.8 Å². The second-order valence-electron chi connectivity index (χ2n) is 7.12. The summed E-state index contributed by atoms with van der Waals surface area (Å²) in [5.74, 6) is -0.769. The molecule has 0 unspecified atom stereocenters. The zero-order valence-electron chi connectivity index (χ0n) is 16.4. The van der Waals surface area contributed by atoms with Crippen LogP contribution in [-0.4, -0.2) is 33.3 Å². The fraction of sp³-hybridized carbons (Fsp3) is 0.333. The second kappa shape index (κ2) is 10.2. The SMILES string of the molecule is O=C(CCNS(=O)(=O)c1ccc2c(c1)CCCC2)NCC(=O)Nc1ccc(Br)cc1. The molecule has 1 aliphatic rings. The highest BCUT2D eigenvalue weighted by Gasteiger charge is 2.18. The third-order valence-corrected chi connectivity index (χ3v) is 6.84. The predicted molar refractivity (Wildman–Crippen MR) is 119 cm³/mol. The Kier molecular flexibility index (Phi) is 7.63. The number of rotatable bonds is 8. The first-order chi connectivity index (χ1) is 14.3. The van der Waals surface area contributed by atoms with E-state index in [4.69, 9.17) is 0 Å².